The van der Waals surface area contributed by atoms with Crippen molar-refractivity contribution < 1.29 is 14.3 Å². The summed E-state index contributed by atoms with van der Waals surface area (Å²) in [6.07, 6.45) is 1.35. The van der Waals surface area contributed by atoms with Gasteiger partial charge in [-0.05, 0) is 15.9 Å². The van der Waals surface area contributed by atoms with Gasteiger partial charge in [0.2, 0.25) is 0 Å². The molecule has 98 valence electrons. The molecule has 3 rings (SSSR count). The normalized spacial score (nSPS) is 13.1. The highest BCUT2D eigenvalue weighted by atomic mass is 79.9. The van der Waals surface area contributed by atoms with Gasteiger partial charge in [0.05, 0.1) is 11.9 Å². The number of H-pyrrole nitrogens is 1. The molecule has 0 fully saturated rings. The maximum atomic E-state index is 11.9. The van der Waals surface area contributed by atoms with E-state index in [-0.39, 0.29) is 11.6 Å². The van der Waals surface area contributed by atoms with Crippen LogP contribution in [0, 0.1) is 0 Å². The number of carbonyl (C=O) groups excluding carboxylic acids is 1. The predicted molar refractivity (Wildman–Crippen MR) is 69.5 cm³/mol. The molecule has 0 atom stereocenters. The molecule has 1 aromatic carbocycles. The van der Waals surface area contributed by atoms with Crippen molar-refractivity contribution in [2.24, 2.45) is 0 Å². The van der Waals surface area contributed by atoms with Crippen molar-refractivity contribution in [3.8, 4) is 11.5 Å². The summed E-state index contributed by atoms with van der Waals surface area (Å²) >= 11 is 3.37. The lowest BCUT2D eigenvalue weighted by atomic mass is 10.2. The summed E-state index contributed by atoms with van der Waals surface area (Å²) in [5.74, 6) is 0.897. The molecule has 2 aromatic rings. The van der Waals surface area contributed by atoms with Crippen molar-refractivity contribution in [1.82, 2.24) is 15.4 Å². The van der Waals surface area contributed by atoms with Crippen molar-refractivity contribution in [3.05, 3.63) is 28.5 Å². The van der Waals surface area contributed by atoms with Gasteiger partial charge in [-0.3, -0.25) is 4.79 Å². The van der Waals surface area contributed by atoms with E-state index < -0.39 is 0 Å². The van der Waals surface area contributed by atoms with Crippen molar-refractivity contribution in [2.45, 2.75) is 0 Å². The maximum Gasteiger partial charge on any atom is 0.277 e. The summed E-state index contributed by atoms with van der Waals surface area (Å²) in [7, 11) is 0. The van der Waals surface area contributed by atoms with Crippen LogP contribution in [0.25, 0.3) is 0 Å². The average molecular weight is 325 g/mol. The third-order valence-corrected chi connectivity index (χ3v) is 3.18. The molecule has 0 spiro atoms. The number of fused-ring (bicyclic) bond motifs is 1. The minimum absolute atomic E-state index is 0.210. The standard InChI is InChI=1S/C11H9BrN4O3/c12-6-3-9-10(19-2-1-18-9)4-7(6)14-11(17)8-5-13-16-15-8/h3-5H,1-2H2,(H,14,17)(H,13,15,16). The van der Waals surface area contributed by atoms with Crippen LogP contribution in [-0.2, 0) is 0 Å². The lowest BCUT2D eigenvalue weighted by Gasteiger charge is -2.19. The molecule has 0 aliphatic carbocycles. The molecule has 1 aliphatic heterocycles. The largest absolute Gasteiger partial charge is 0.486 e. The van der Waals surface area contributed by atoms with Crippen molar-refractivity contribution in [3.63, 3.8) is 0 Å². The predicted octanol–water partition coefficient (Wildman–Crippen LogP) is 1.59. The number of hydrogen-bond donors (Lipinski definition) is 2. The molecular weight excluding hydrogens is 316 g/mol. The number of aromatic nitrogens is 3. The van der Waals surface area contributed by atoms with Gasteiger partial charge in [-0.2, -0.15) is 15.4 Å². The highest BCUT2D eigenvalue weighted by Crippen LogP contribution is 2.38. The number of nitrogens with zero attached hydrogens (tertiary/aromatic N) is 2. The fraction of sp³-hybridized carbons (Fsp3) is 0.182. The molecule has 2 N–H and O–H groups in total. The van der Waals surface area contributed by atoms with E-state index in [1.165, 1.54) is 6.20 Å². The Morgan fingerprint density at radius 3 is 2.74 bits per heavy atom. The highest BCUT2D eigenvalue weighted by Gasteiger charge is 2.17. The maximum absolute atomic E-state index is 11.9. The molecule has 2 heterocycles. The second kappa shape index (κ2) is 4.88. The topological polar surface area (TPSA) is 89.1 Å². The molecule has 1 aromatic heterocycles. The number of aromatic amines is 1. The van der Waals surface area contributed by atoms with Crippen LogP contribution in [0.1, 0.15) is 10.5 Å². The number of rotatable bonds is 2. The molecule has 19 heavy (non-hydrogen) atoms. The number of amides is 1. The monoisotopic (exact) mass is 324 g/mol. The molecule has 0 unspecified atom stereocenters. The van der Waals surface area contributed by atoms with Crippen molar-refractivity contribution in [2.75, 3.05) is 18.5 Å². The SMILES string of the molecule is O=C(Nc1cc2c(cc1Br)OCCO2)c1cn[nH]n1. The van der Waals surface area contributed by atoms with Crippen LogP contribution in [0.3, 0.4) is 0 Å². The second-order valence-electron chi connectivity index (χ2n) is 3.79. The fourth-order valence-electron chi connectivity index (χ4n) is 1.66. The van der Waals surface area contributed by atoms with Crippen LogP contribution in [-0.4, -0.2) is 34.5 Å². The van der Waals surface area contributed by atoms with Crippen molar-refractivity contribution in [1.29, 1.82) is 0 Å². The highest BCUT2D eigenvalue weighted by molar-refractivity contribution is 9.10. The van der Waals surface area contributed by atoms with E-state index in [0.717, 1.165) is 0 Å². The zero-order valence-electron chi connectivity index (χ0n) is 9.64. The van der Waals surface area contributed by atoms with Gasteiger partial charge in [0.15, 0.2) is 17.2 Å². The van der Waals surface area contributed by atoms with Crippen LogP contribution in [0.4, 0.5) is 5.69 Å². The van der Waals surface area contributed by atoms with Gasteiger partial charge in [-0.1, -0.05) is 0 Å². The summed E-state index contributed by atoms with van der Waals surface area (Å²) in [6, 6.07) is 3.46. The Kier molecular flexibility index (Phi) is 3.08. The first-order chi connectivity index (χ1) is 9.24. The first-order valence-electron chi connectivity index (χ1n) is 5.50. The Balaban J connectivity index is 1.87. The van der Waals surface area contributed by atoms with Crippen LogP contribution < -0.4 is 14.8 Å². The lowest BCUT2D eigenvalue weighted by molar-refractivity contribution is 0.102. The summed E-state index contributed by atoms with van der Waals surface area (Å²) in [4.78, 5) is 11.9. The quantitative estimate of drug-likeness (QED) is 0.875. The molecule has 0 bridgehead atoms. The lowest BCUT2D eigenvalue weighted by Crippen LogP contribution is -2.17. The number of benzene rings is 1. The fourth-order valence-corrected chi connectivity index (χ4v) is 2.08. The molecule has 8 heteroatoms. The molecule has 1 aliphatic rings. The molecule has 0 saturated heterocycles. The van der Waals surface area contributed by atoms with E-state index in [0.29, 0.717) is 34.9 Å². The van der Waals surface area contributed by atoms with Gasteiger partial charge in [0.25, 0.3) is 5.91 Å². The average Bonchev–Trinajstić information content (AvgIpc) is 2.93. The summed E-state index contributed by atoms with van der Waals surface area (Å²) in [6.45, 7) is 1.01. The van der Waals surface area contributed by atoms with Crippen LogP contribution in [0.15, 0.2) is 22.8 Å². The van der Waals surface area contributed by atoms with E-state index in [2.05, 4.69) is 36.7 Å². The number of carbonyl (C=O) groups is 1. The minimum atomic E-state index is -0.355. The van der Waals surface area contributed by atoms with Crippen LogP contribution in [0.2, 0.25) is 0 Å². The minimum Gasteiger partial charge on any atom is -0.486 e. The van der Waals surface area contributed by atoms with Gasteiger partial charge in [0, 0.05) is 16.6 Å². The third-order valence-electron chi connectivity index (χ3n) is 2.53. The second-order valence-corrected chi connectivity index (χ2v) is 4.64. The van der Waals surface area contributed by atoms with E-state index in [4.69, 9.17) is 9.47 Å². The first kappa shape index (κ1) is 12.0. The summed E-state index contributed by atoms with van der Waals surface area (Å²) in [5, 5.41) is 12.4. The Morgan fingerprint density at radius 1 is 1.32 bits per heavy atom. The van der Waals surface area contributed by atoms with Gasteiger partial charge >= 0.3 is 0 Å². The van der Waals surface area contributed by atoms with Gasteiger partial charge in [-0.25, -0.2) is 0 Å². The number of anilines is 1. The van der Waals surface area contributed by atoms with Crippen LogP contribution in [0.5, 0.6) is 11.5 Å². The van der Waals surface area contributed by atoms with E-state index in [9.17, 15) is 4.79 Å². The summed E-state index contributed by atoms with van der Waals surface area (Å²) in [5.41, 5.74) is 0.791. The Bertz CT molecular complexity index is 615. The van der Waals surface area contributed by atoms with Gasteiger partial charge in [-0.15, -0.1) is 0 Å². The molecule has 1 amide bonds. The van der Waals surface area contributed by atoms with Gasteiger partial charge < -0.3 is 14.8 Å². The van der Waals surface area contributed by atoms with E-state index in [1.54, 1.807) is 12.1 Å². The summed E-state index contributed by atoms with van der Waals surface area (Å²) < 4.78 is 11.6. The van der Waals surface area contributed by atoms with Gasteiger partial charge in [0.1, 0.15) is 13.2 Å². The Hall–Kier alpha value is -2.09. The third kappa shape index (κ3) is 2.39. The molecule has 0 radical (unpaired) electrons. The smallest absolute Gasteiger partial charge is 0.277 e. The zero-order chi connectivity index (χ0) is 13.2. The zero-order valence-corrected chi connectivity index (χ0v) is 11.2. The number of halogens is 1. The molecular formula is C11H9BrN4O3. The Labute approximate surface area is 116 Å². The van der Waals surface area contributed by atoms with Crippen LogP contribution >= 0.6 is 15.9 Å². The Morgan fingerprint density at radius 2 is 2.05 bits per heavy atom. The number of hydrogen-bond acceptors (Lipinski definition) is 5. The first-order valence-corrected chi connectivity index (χ1v) is 6.29. The van der Waals surface area contributed by atoms with E-state index >= 15 is 0 Å². The number of ether oxygens (including phenoxy) is 2. The molecule has 7 nitrogen and oxygen atoms in total. The van der Waals surface area contributed by atoms with Crippen molar-refractivity contribution >= 4 is 27.5 Å². The molecule has 0 saturated carbocycles. The number of nitrogens with one attached hydrogen (secondary N) is 2. The van der Waals surface area contributed by atoms with E-state index in [1.807, 2.05) is 0 Å².